The van der Waals surface area contributed by atoms with Crippen molar-refractivity contribution in [3.05, 3.63) is 59.7 Å². The summed E-state index contributed by atoms with van der Waals surface area (Å²) in [6, 6.07) is 17.0. The highest BCUT2D eigenvalue weighted by Crippen LogP contribution is 2.41. The molecule has 0 amide bonds. The maximum atomic E-state index is 14.1. The van der Waals surface area contributed by atoms with E-state index in [1.165, 1.54) is 11.1 Å². The SMILES string of the molecule is COc1ccc(CN(Cc2ccc(OC)cc2)C2CN(CC3(F)CC3)C2)cc1. The van der Waals surface area contributed by atoms with Gasteiger partial charge in [0.05, 0.1) is 14.2 Å². The molecule has 1 saturated carbocycles. The van der Waals surface area contributed by atoms with Gasteiger partial charge in [0.15, 0.2) is 0 Å². The van der Waals surface area contributed by atoms with Crippen LogP contribution in [0.2, 0.25) is 0 Å². The van der Waals surface area contributed by atoms with E-state index in [2.05, 4.69) is 34.1 Å². The van der Waals surface area contributed by atoms with E-state index in [0.29, 0.717) is 12.6 Å². The van der Waals surface area contributed by atoms with Crippen molar-refractivity contribution in [3.63, 3.8) is 0 Å². The highest BCUT2D eigenvalue weighted by molar-refractivity contribution is 5.29. The second-order valence-electron chi connectivity index (χ2n) is 8.10. The number of alkyl halides is 1. The quantitative estimate of drug-likeness (QED) is 0.655. The third-order valence-corrected chi connectivity index (χ3v) is 5.84. The Labute approximate surface area is 166 Å². The van der Waals surface area contributed by atoms with Crippen LogP contribution in [0.15, 0.2) is 48.5 Å². The van der Waals surface area contributed by atoms with E-state index >= 15 is 0 Å². The summed E-state index contributed by atoms with van der Waals surface area (Å²) in [6.45, 7) is 4.23. The van der Waals surface area contributed by atoms with E-state index in [9.17, 15) is 4.39 Å². The molecule has 1 saturated heterocycles. The smallest absolute Gasteiger partial charge is 0.123 e. The van der Waals surface area contributed by atoms with Gasteiger partial charge < -0.3 is 9.47 Å². The first-order chi connectivity index (χ1) is 13.6. The first-order valence-electron chi connectivity index (χ1n) is 9.98. The van der Waals surface area contributed by atoms with Crippen LogP contribution in [0.4, 0.5) is 4.39 Å². The lowest BCUT2D eigenvalue weighted by Gasteiger charge is -2.46. The van der Waals surface area contributed by atoms with Crippen molar-refractivity contribution in [3.8, 4) is 11.5 Å². The zero-order valence-electron chi connectivity index (χ0n) is 16.7. The molecule has 4 nitrogen and oxygen atoms in total. The molecule has 0 radical (unpaired) electrons. The Morgan fingerprint density at radius 3 is 1.75 bits per heavy atom. The molecular weight excluding hydrogens is 355 g/mol. The Morgan fingerprint density at radius 1 is 0.893 bits per heavy atom. The van der Waals surface area contributed by atoms with Crippen LogP contribution in [0.3, 0.4) is 0 Å². The average Bonchev–Trinajstić information content (AvgIpc) is 3.42. The van der Waals surface area contributed by atoms with Crippen LogP contribution >= 0.6 is 0 Å². The molecule has 0 unspecified atom stereocenters. The first kappa shape index (κ1) is 19.2. The summed E-state index contributed by atoms with van der Waals surface area (Å²) in [7, 11) is 3.37. The summed E-state index contributed by atoms with van der Waals surface area (Å²) in [6.07, 6.45) is 1.46. The van der Waals surface area contributed by atoms with E-state index in [4.69, 9.17) is 9.47 Å². The van der Waals surface area contributed by atoms with Gasteiger partial charge in [0.25, 0.3) is 0 Å². The Morgan fingerprint density at radius 2 is 1.36 bits per heavy atom. The molecule has 2 aromatic carbocycles. The predicted octanol–water partition coefficient (Wildman–Crippen LogP) is 3.89. The van der Waals surface area contributed by atoms with Crippen LogP contribution in [0.1, 0.15) is 24.0 Å². The van der Waals surface area contributed by atoms with Gasteiger partial charge in [-0.25, -0.2) is 4.39 Å². The van der Waals surface area contributed by atoms with Gasteiger partial charge >= 0.3 is 0 Å². The molecule has 1 aliphatic heterocycles. The van der Waals surface area contributed by atoms with E-state index < -0.39 is 5.67 Å². The van der Waals surface area contributed by atoms with Crippen LogP contribution < -0.4 is 9.47 Å². The molecule has 0 spiro atoms. The third-order valence-electron chi connectivity index (χ3n) is 5.84. The van der Waals surface area contributed by atoms with Gasteiger partial charge in [0.1, 0.15) is 17.2 Å². The van der Waals surface area contributed by atoms with Crippen molar-refractivity contribution in [1.29, 1.82) is 0 Å². The largest absolute Gasteiger partial charge is 0.497 e. The number of halogens is 1. The number of methoxy groups -OCH3 is 2. The van der Waals surface area contributed by atoms with Gasteiger partial charge in [0.2, 0.25) is 0 Å². The average molecular weight is 384 g/mol. The topological polar surface area (TPSA) is 24.9 Å². The zero-order valence-corrected chi connectivity index (χ0v) is 16.7. The first-order valence-corrected chi connectivity index (χ1v) is 9.98. The molecule has 28 heavy (non-hydrogen) atoms. The van der Waals surface area contributed by atoms with Crippen molar-refractivity contribution in [2.45, 2.75) is 37.6 Å². The van der Waals surface area contributed by atoms with Gasteiger partial charge in [0, 0.05) is 38.8 Å². The number of hydrogen-bond acceptors (Lipinski definition) is 4. The van der Waals surface area contributed by atoms with Crippen LogP contribution in [0.5, 0.6) is 11.5 Å². The van der Waals surface area contributed by atoms with Crippen LogP contribution in [-0.4, -0.2) is 55.4 Å². The number of rotatable bonds is 9. The highest BCUT2D eigenvalue weighted by atomic mass is 19.1. The molecule has 2 fully saturated rings. The summed E-state index contributed by atoms with van der Waals surface area (Å²) in [4.78, 5) is 4.75. The maximum Gasteiger partial charge on any atom is 0.123 e. The minimum atomic E-state index is -0.901. The van der Waals surface area contributed by atoms with E-state index in [1.807, 2.05) is 24.3 Å². The van der Waals surface area contributed by atoms with Crippen LogP contribution in [-0.2, 0) is 13.1 Å². The molecule has 2 aromatic rings. The third kappa shape index (κ3) is 4.65. The molecular formula is C23H29FN2O2. The second-order valence-corrected chi connectivity index (χ2v) is 8.10. The highest BCUT2D eigenvalue weighted by Gasteiger charge is 2.47. The van der Waals surface area contributed by atoms with Gasteiger partial charge in [-0.1, -0.05) is 24.3 Å². The summed E-state index contributed by atoms with van der Waals surface area (Å²) in [5, 5.41) is 0. The Hall–Kier alpha value is -2.11. The molecule has 150 valence electrons. The van der Waals surface area contributed by atoms with Gasteiger partial charge in [-0.2, -0.15) is 0 Å². The van der Waals surface area contributed by atoms with E-state index in [0.717, 1.165) is 50.5 Å². The Bertz CT molecular complexity index is 719. The second kappa shape index (κ2) is 8.10. The van der Waals surface area contributed by atoms with E-state index in [1.54, 1.807) is 14.2 Å². The van der Waals surface area contributed by atoms with Crippen LogP contribution in [0, 0.1) is 0 Å². The zero-order chi connectivity index (χ0) is 19.6. The number of benzene rings is 2. The minimum absolute atomic E-state index is 0.451. The molecule has 5 heteroatoms. The molecule has 0 bridgehead atoms. The fourth-order valence-electron chi connectivity index (χ4n) is 3.84. The Kier molecular flexibility index (Phi) is 5.56. The molecule has 0 atom stereocenters. The van der Waals surface area contributed by atoms with Crippen molar-refractivity contribution in [2.75, 3.05) is 33.9 Å². The molecule has 4 rings (SSSR count). The van der Waals surface area contributed by atoms with Crippen molar-refractivity contribution in [1.82, 2.24) is 9.80 Å². The van der Waals surface area contributed by atoms with Crippen LogP contribution in [0.25, 0.3) is 0 Å². The molecule has 0 aromatic heterocycles. The lowest BCUT2D eigenvalue weighted by atomic mass is 10.0. The monoisotopic (exact) mass is 384 g/mol. The number of likely N-dealkylation sites (tertiary alicyclic amines) is 1. The molecule has 0 N–H and O–H groups in total. The Balaban J connectivity index is 1.42. The lowest BCUT2D eigenvalue weighted by molar-refractivity contribution is 0.00661. The fourth-order valence-corrected chi connectivity index (χ4v) is 3.84. The lowest BCUT2D eigenvalue weighted by Crippen LogP contribution is -2.60. The summed E-state index contributed by atoms with van der Waals surface area (Å²) < 4.78 is 24.6. The van der Waals surface area contributed by atoms with Gasteiger partial charge in [-0.3, -0.25) is 9.80 Å². The number of ether oxygens (including phenoxy) is 2. The van der Waals surface area contributed by atoms with Gasteiger partial charge in [-0.05, 0) is 48.2 Å². The molecule has 1 aliphatic carbocycles. The summed E-state index contributed by atoms with van der Waals surface area (Å²) in [5.41, 5.74) is 1.62. The maximum absolute atomic E-state index is 14.1. The number of nitrogens with zero attached hydrogens (tertiary/aromatic N) is 2. The predicted molar refractivity (Wildman–Crippen MR) is 109 cm³/mol. The summed E-state index contributed by atoms with van der Waals surface area (Å²) in [5.74, 6) is 1.75. The van der Waals surface area contributed by atoms with E-state index in [-0.39, 0.29) is 0 Å². The fraction of sp³-hybridized carbons (Fsp3) is 0.478. The minimum Gasteiger partial charge on any atom is -0.497 e. The van der Waals surface area contributed by atoms with Crippen molar-refractivity contribution in [2.24, 2.45) is 0 Å². The molecule has 1 heterocycles. The number of hydrogen-bond donors (Lipinski definition) is 0. The summed E-state index contributed by atoms with van der Waals surface area (Å²) >= 11 is 0. The standard InChI is InChI=1S/C23H29FN2O2/c1-27-21-7-3-18(4-8-21)13-26(14-19-5-9-22(28-2)10-6-19)20-15-25(16-20)17-23(24)11-12-23/h3-10,20H,11-17H2,1-2H3. The van der Waals surface area contributed by atoms with Crippen molar-refractivity contribution >= 4 is 0 Å². The normalized spacial score (nSPS) is 18.7. The van der Waals surface area contributed by atoms with Crippen molar-refractivity contribution < 1.29 is 13.9 Å². The van der Waals surface area contributed by atoms with Gasteiger partial charge in [-0.15, -0.1) is 0 Å². The molecule has 2 aliphatic rings.